The highest BCUT2D eigenvalue weighted by molar-refractivity contribution is 7.85. The van der Waals surface area contributed by atoms with Crippen molar-refractivity contribution in [2.45, 2.75) is 18.2 Å². The fourth-order valence-electron chi connectivity index (χ4n) is 1.45. The molecule has 2 rings (SSSR count). The van der Waals surface area contributed by atoms with Gasteiger partial charge in [-0.2, -0.15) is 8.42 Å². The highest BCUT2D eigenvalue weighted by Gasteiger charge is 2.14. The van der Waals surface area contributed by atoms with Crippen LogP contribution in [0.1, 0.15) is 12.0 Å². The number of benzene rings is 1. The Morgan fingerprint density at radius 1 is 1.28 bits per heavy atom. The molecule has 1 fully saturated rings. The molecule has 0 unspecified atom stereocenters. The summed E-state index contributed by atoms with van der Waals surface area (Å²) in [6.07, 6.45) is 0.979. The molecule has 18 heavy (non-hydrogen) atoms. The predicted molar refractivity (Wildman–Crippen MR) is 69.1 cm³/mol. The van der Waals surface area contributed by atoms with Crippen molar-refractivity contribution >= 4 is 10.1 Å². The van der Waals surface area contributed by atoms with Gasteiger partial charge in [0.05, 0.1) is 4.90 Å². The Kier molecular flexibility index (Phi) is 5.74. The summed E-state index contributed by atoms with van der Waals surface area (Å²) in [5, 5.41) is 11.5. The largest absolute Gasteiger partial charge is 0.396 e. The summed E-state index contributed by atoms with van der Waals surface area (Å²) in [4.78, 5) is -0.0666. The van der Waals surface area contributed by atoms with Crippen molar-refractivity contribution in [1.82, 2.24) is 5.32 Å². The maximum Gasteiger partial charge on any atom is 0.294 e. The first-order valence-corrected chi connectivity index (χ1v) is 7.23. The second-order valence-electron chi connectivity index (χ2n) is 4.32. The molecule has 1 heterocycles. The highest BCUT2D eigenvalue weighted by Crippen LogP contribution is 2.08. The zero-order valence-corrected chi connectivity index (χ0v) is 11.2. The van der Waals surface area contributed by atoms with Crippen LogP contribution in [0.15, 0.2) is 29.2 Å². The lowest BCUT2D eigenvalue weighted by molar-refractivity contribution is 0.223. The van der Waals surface area contributed by atoms with Crippen LogP contribution in [0.5, 0.6) is 0 Å². The van der Waals surface area contributed by atoms with E-state index in [9.17, 15) is 8.42 Å². The summed E-state index contributed by atoms with van der Waals surface area (Å²) in [5.74, 6) is 0.769. The standard InChI is InChI=1S/C7H8O3S.C5H11NO/c1-6-2-4-7(5-3-6)11(8,9)10;7-2-1-5-3-6-4-5/h2-5H,1H3,(H,8,9,10);5-7H,1-4H2. The monoisotopic (exact) mass is 273 g/mol. The smallest absolute Gasteiger partial charge is 0.294 e. The molecular weight excluding hydrogens is 254 g/mol. The summed E-state index contributed by atoms with van der Waals surface area (Å²) in [5.41, 5.74) is 0.956. The molecule has 0 radical (unpaired) electrons. The number of nitrogens with one attached hydrogen (secondary N) is 1. The van der Waals surface area contributed by atoms with Crippen molar-refractivity contribution in [3.8, 4) is 0 Å². The second-order valence-corrected chi connectivity index (χ2v) is 5.75. The van der Waals surface area contributed by atoms with Crippen LogP contribution in [0.25, 0.3) is 0 Å². The van der Waals surface area contributed by atoms with Crippen LogP contribution in [0.3, 0.4) is 0 Å². The van der Waals surface area contributed by atoms with Crippen LogP contribution in [0, 0.1) is 12.8 Å². The minimum Gasteiger partial charge on any atom is -0.396 e. The normalized spacial score (nSPS) is 15.5. The number of hydrogen-bond acceptors (Lipinski definition) is 4. The molecule has 1 aromatic carbocycles. The molecule has 1 aliphatic heterocycles. The van der Waals surface area contributed by atoms with Gasteiger partial charge in [-0.3, -0.25) is 4.55 Å². The van der Waals surface area contributed by atoms with Crippen LogP contribution in [-0.4, -0.2) is 37.8 Å². The molecule has 6 heteroatoms. The molecule has 0 aromatic heterocycles. The maximum absolute atomic E-state index is 10.5. The van der Waals surface area contributed by atoms with Gasteiger partial charge in [0.2, 0.25) is 0 Å². The van der Waals surface area contributed by atoms with Gasteiger partial charge in [-0.25, -0.2) is 0 Å². The Hall–Kier alpha value is -0.950. The average Bonchev–Trinajstić information content (AvgIpc) is 2.24. The zero-order chi connectivity index (χ0) is 13.6. The van der Waals surface area contributed by atoms with E-state index in [1.54, 1.807) is 12.1 Å². The molecule has 3 N–H and O–H groups in total. The summed E-state index contributed by atoms with van der Waals surface area (Å²) in [6, 6.07) is 5.99. The van der Waals surface area contributed by atoms with Crippen LogP contribution in [-0.2, 0) is 10.1 Å². The Balaban J connectivity index is 0.000000199. The molecule has 5 nitrogen and oxygen atoms in total. The molecule has 1 saturated heterocycles. The Bertz CT molecular complexity index is 451. The molecule has 1 aliphatic rings. The first-order valence-electron chi connectivity index (χ1n) is 5.79. The molecule has 0 spiro atoms. The lowest BCUT2D eigenvalue weighted by atomic mass is 10.0. The van der Waals surface area contributed by atoms with Crippen LogP contribution >= 0.6 is 0 Å². The molecule has 0 amide bonds. The fourth-order valence-corrected chi connectivity index (χ4v) is 1.93. The third-order valence-electron chi connectivity index (χ3n) is 2.72. The lowest BCUT2D eigenvalue weighted by Gasteiger charge is -2.25. The Morgan fingerprint density at radius 2 is 1.83 bits per heavy atom. The highest BCUT2D eigenvalue weighted by atomic mass is 32.2. The predicted octanol–water partition coefficient (Wildman–Crippen LogP) is 0.830. The van der Waals surface area contributed by atoms with E-state index in [0.29, 0.717) is 6.61 Å². The van der Waals surface area contributed by atoms with E-state index in [1.807, 2.05) is 6.92 Å². The number of rotatable bonds is 3. The van der Waals surface area contributed by atoms with E-state index < -0.39 is 10.1 Å². The summed E-state index contributed by atoms with van der Waals surface area (Å²) in [6.45, 7) is 4.42. The van der Waals surface area contributed by atoms with Gasteiger partial charge in [0.1, 0.15) is 0 Å². The van der Waals surface area contributed by atoms with E-state index in [1.165, 1.54) is 12.1 Å². The van der Waals surface area contributed by atoms with E-state index in [-0.39, 0.29) is 4.90 Å². The van der Waals surface area contributed by atoms with E-state index in [4.69, 9.17) is 9.66 Å². The van der Waals surface area contributed by atoms with Crippen LogP contribution in [0.4, 0.5) is 0 Å². The summed E-state index contributed by atoms with van der Waals surface area (Å²) in [7, 11) is -4.02. The van der Waals surface area contributed by atoms with E-state index in [2.05, 4.69) is 5.32 Å². The van der Waals surface area contributed by atoms with Crippen molar-refractivity contribution in [3.63, 3.8) is 0 Å². The van der Waals surface area contributed by atoms with E-state index in [0.717, 1.165) is 31.0 Å². The van der Waals surface area contributed by atoms with Crippen molar-refractivity contribution in [1.29, 1.82) is 0 Å². The number of hydrogen-bond donors (Lipinski definition) is 3. The van der Waals surface area contributed by atoms with Crippen molar-refractivity contribution in [2.24, 2.45) is 5.92 Å². The molecule has 0 atom stereocenters. The van der Waals surface area contributed by atoms with Crippen LogP contribution < -0.4 is 5.32 Å². The molecule has 0 saturated carbocycles. The Morgan fingerprint density at radius 3 is 2.11 bits per heavy atom. The molecule has 0 aliphatic carbocycles. The third-order valence-corrected chi connectivity index (χ3v) is 3.59. The molecular formula is C12H19NO4S. The summed E-state index contributed by atoms with van der Waals surface area (Å²) >= 11 is 0. The van der Waals surface area contributed by atoms with Gasteiger partial charge < -0.3 is 10.4 Å². The Labute approximate surface area is 108 Å². The van der Waals surface area contributed by atoms with Gasteiger partial charge in [0.15, 0.2) is 0 Å². The molecule has 102 valence electrons. The number of aliphatic hydroxyl groups is 1. The van der Waals surface area contributed by atoms with Gasteiger partial charge in [-0.15, -0.1) is 0 Å². The van der Waals surface area contributed by atoms with Gasteiger partial charge in [-0.05, 0) is 44.5 Å². The third kappa shape index (κ3) is 5.14. The van der Waals surface area contributed by atoms with Gasteiger partial charge in [0, 0.05) is 6.61 Å². The molecule has 1 aromatic rings. The van der Waals surface area contributed by atoms with Crippen LogP contribution in [0.2, 0.25) is 0 Å². The van der Waals surface area contributed by atoms with Gasteiger partial charge >= 0.3 is 0 Å². The lowest BCUT2D eigenvalue weighted by Crippen LogP contribution is -2.42. The van der Waals surface area contributed by atoms with Crippen molar-refractivity contribution in [3.05, 3.63) is 29.8 Å². The molecule has 0 bridgehead atoms. The number of aryl methyl sites for hydroxylation is 1. The fraction of sp³-hybridized carbons (Fsp3) is 0.500. The van der Waals surface area contributed by atoms with Gasteiger partial charge in [0.25, 0.3) is 10.1 Å². The maximum atomic E-state index is 10.5. The van der Waals surface area contributed by atoms with Crippen molar-refractivity contribution in [2.75, 3.05) is 19.7 Å². The first-order chi connectivity index (χ1) is 8.43. The first kappa shape index (κ1) is 15.1. The van der Waals surface area contributed by atoms with E-state index >= 15 is 0 Å². The van der Waals surface area contributed by atoms with Crippen molar-refractivity contribution < 1.29 is 18.1 Å². The second kappa shape index (κ2) is 6.84. The average molecular weight is 273 g/mol. The topological polar surface area (TPSA) is 86.6 Å². The summed E-state index contributed by atoms with van der Waals surface area (Å²) < 4.78 is 29.6. The van der Waals surface area contributed by atoms with Gasteiger partial charge in [-0.1, -0.05) is 17.7 Å². The SMILES string of the molecule is Cc1ccc(S(=O)(=O)O)cc1.OCCC1CNC1. The quantitative estimate of drug-likeness (QED) is 0.710. The number of aliphatic hydroxyl groups excluding tert-OH is 1. The minimum absolute atomic E-state index is 0.0666. The minimum atomic E-state index is -4.02. The zero-order valence-electron chi connectivity index (χ0n) is 10.3.